The highest BCUT2D eigenvalue weighted by Gasteiger charge is 2.38. The van der Waals surface area contributed by atoms with Gasteiger partial charge in [0.05, 0.1) is 18.2 Å². The number of nitrogens with zero attached hydrogens (tertiary/aromatic N) is 3. The Bertz CT molecular complexity index is 972. The molecule has 0 aliphatic carbocycles. The second-order valence-electron chi connectivity index (χ2n) is 6.65. The van der Waals surface area contributed by atoms with Crippen LogP contribution in [0.2, 0.25) is 5.02 Å². The average Bonchev–Trinajstić information content (AvgIpc) is 3.05. The standard InChI is InChI=1S/C17H20ClN3O4S/c1-11(2)17-19-14-4-3-13(18)16(15(14)25-17)26(22,23)21-6-5-20-7-8-24-10-12(20)9-21/h3-4,12H,1,5-10H2,2H3/t12-/m1/s1. The van der Waals surface area contributed by atoms with Gasteiger partial charge in [0.2, 0.25) is 15.9 Å². The molecule has 0 saturated carbocycles. The number of aromatic nitrogens is 1. The molecular formula is C17H20ClN3O4S. The highest BCUT2D eigenvalue weighted by molar-refractivity contribution is 7.89. The first-order valence-electron chi connectivity index (χ1n) is 8.45. The number of oxazole rings is 1. The fourth-order valence-corrected chi connectivity index (χ4v) is 5.52. The lowest BCUT2D eigenvalue weighted by molar-refractivity contribution is -0.0304. The molecule has 0 bridgehead atoms. The zero-order valence-corrected chi connectivity index (χ0v) is 16.0. The Morgan fingerprint density at radius 1 is 1.35 bits per heavy atom. The zero-order chi connectivity index (χ0) is 18.5. The second-order valence-corrected chi connectivity index (χ2v) is 8.93. The number of rotatable bonds is 3. The van der Waals surface area contributed by atoms with Gasteiger partial charge in [-0.25, -0.2) is 13.4 Å². The molecule has 2 aliphatic rings. The Labute approximate surface area is 157 Å². The minimum atomic E-state index is -3.83. The maximum atomic E-state index is 13.3. The quantitative estimate of drug-likeness (QED) is 0.790. The SMILES string of the molecule is C=C(C)c1nc2ccc(Cl)c(S(=O)(=O)N3CCN4CCOC[C@H]4C3)c2o1. The zero-order valence-electron chi connectivity index (χ0n) is 14.4. The first kappa shape index (κ1) is 17.9. The van der Waals surface area contributed by atoms with E-state index in [0.29, 0.717) is 49.8 Å². The fraction of sp³-hybridized carbons (Fsp3) is 0.471. The number of morpholine rings is 1. The van der Waals surface area contributed by atoms with Crippen molar-refractivity contribution in [2.75, 3.05) is 39.4 Å². The summed E-state index contributed by atoms with van der Waals surface area (Å²) < 4.78 is 39.4. The molecule has 1 aromatic heterocycles. The first-order valence-corrected chi connectivity index (χ1v) is 10.3. The number of benzene rings is 1. The summed E-state index contributed by atoms with van der Waals surface area (Å²) in [6, 6.07) is 3.26. The average molecular weight is 398 g/mol. The second kappa shape index (κ2) is 6.61. The number of fused-ring (bicyclic) bond motifs is 2. The predicted octanol–water partition coefficient (Wildman–Crippen LogP) is 2.22. The van der Waals surface area contributed by atoms with Crippen LogP contribution in [0.5, 0.6) is 0 Å². The van der Waals surface area contributed by atoms with Crippen molar-refractivity contribution < 1.29 is 17.6 Å². The number of halogens is 1. The number of hydrogen-bond acceptors (Lipinski definition) is 6. The molecule has 140 valence electrons. The molecule has 4 rings (SSSR count). The summed E-state index contributed by atoms with van der Waals surface area (Å²) in [7, 11) is -3.83. The number of hydrogen-bond donors (Lipinski definition) is 0. The number of allylic oxidation sites excluding steroid dienone is 1. The third-order valence-electron chi connectivity index (χ3n) is 4.83. The molecule has 0 N–H and O–H groups in total. The summed E-state index contributed by atoms with van der Waals surface area (Å²) in [5, 5.41) is 0.129. The highest BCUT2D eigenvalue weighted by Crippen LogP contribution is 2.35. The van der Waals surface area contributed by atoms with E-state index < -0.39 is 10.0 Å². The molecule has 0 spiro atoms. The maximum Gasteiger partial charge on any atom is 0.248 e. The number of ether oxygens (including phenoxy) is 1. The van der Waals surface area contributed by atoms with Gasteiger partial charge in [0.1, 0.15) is 10.4 Å². The third-order valence-corrected chi connectivity index (χ3v) is 7.19. The van der Waals surface area contributed by atoms with Crippen molar-refractivity contribution >= 4 is 38.3 Å². The Balaban J connectivity index is 1.76. The Morgan fingerprint density at radius 3 is 2.92 bits per heavy atom. The third kappa shape index (κ3) is 2.95. The Morgan fingerprint density at radius 2 is 2.15 bits per heavy atom. The van der Waals surface area contributed by atoms with Crippen LogP contribution in [0.1, 0.15) is 12.8 Å². The van der Waals surface area contributed by atoms with Crippen LogP contribution in [0.25, 0.3) is 16.7 Å². The lowest BCUT2D eigenvalue weighted by atomic mass is 10.2. The smallest absolute Gasteiger partial charge is 0.248 e. The van der Waals surface area contributed by atoms with Crippen LogP contribution in [0.4, 0.5) is 0 Å². The molecule has 0 amide bonds. The predicted molar refractivity (Wildman–Crippen MR) is 98.7 cm³/mol. The van der Waals surface area contributed by atoms with Crippen molar-refractivity contribution in [1.29, 1.82) is 0 Å². The minimum absolute atomic E-state index is 0.0261. The molecule has 0 radical (unpaired) electrons. The van der Waals surface area contributed by atoms with E-state index in [1.165, 1.54) is 4.31 Å². The van der Waals surface area contributed by atoms with Gasteiger partial charge in [0, 0.05) is 37.8 Å². The van der Waals surface area contributed by atoms with Crippen LogP contribution in [0, 0.1) is 0 Å². The van der Waals surface area contributed by atoms with E-state index in [0.717, 1.165) is 6.54 Å². The molecule has 2 aromatic rings. The van der Waals surface area contributed by atoms with Crippen LogP contribution < -0.4 is 0 Å². The van der Waals surface area contributed by atoms with Crippen molar-refractivity contribution in [1.82, 2.24) is 14.2 Å². The van der Waals surface area contributed by atoms with Gasteiger partial charge < -0.3 is 9.15 Å². The van der Waals surface area contributed by atoms with Crippen molar-refractivity contribution in [3.8, 4) is 0 Å². The van der Waals surface area contributed by atoms with Gasteiger partial charge in [-0.1, -0.05) is 18.2 Å². The fourth-order valence-electron chi connectivity index (χ4n) is 3.43. The molecule has 0 unspecified atom stereocenters. The van der Waals surface area contributed by atoms with Crippen molar-refractivity contribution in [2.24, 2.45) is 0 Å². The molecule has 7 nitrogen and oxygen atoms in total. The van der Waals surface area contributed by atoms with E-state index in [4.69, 9.17) is 20.8 Å². The van der Waals surface area contributed by atoms with Gasteiger partial charge in [-0.05, 0) is 19.1 Å². The first-order chi connectivity index (χ1) is 12.4. The van der Waals surface area contributed by atoms with Crippen LogP contribution in [-0.4, -0.2) is 68.0 Å². The maximum absolute atomic E-state index is 13.3. The van der Waals surface area contributed by atoms with E-state index in [2.05, 4.69) is 16.5 Å². The molecule has 9 heteroatoms. The molecule has 26 heavy (non-hydrogen) atoms. The topological polar surface area (TPSA) is 75.9 Å². The summed E-state index contributed by atoms with van der Waals surface area (Å²) in [5.74, 6) is 0.309. The monoisotopic (exact) mass is 397 g/mol. The summed E-state index contributed by atoms with van der Waals surface area (Å²) in [4.78, 5) is 6.55. The van der Waals surface area contributed by atoms with Crippen LogP contribution in [0.3, 0.4) is 0 Å². The normalized spacial score (nSPS) is 22.5. The molecule has 3 heterocycles. The van der Waals surface area contributed by atoms with Gasteiger partial charge in [0.15, 0.2) is 5.58 Å². The largest absolute Gasteiger partial charge is 0.435 e. The lowest BCUT2D eigenvalue weighted by Gasteiger charge is -2.43. The number of piperazine rings is 1. The van der Waals surface area contributed by atoms with E-state index in [9.17, 15) is 8.42 Å². The molecule has 2 fully saturated rings. The lowest BCUT2D eigenvalue weighted by Crippen LogP contribution is -2.59. The minimum Gasteiger partial charge on any atom is -0.435 e. The Hall–Kier alpha value is -1.45. The number of sulfonamides is 1. The molecule has 2 saturated heterocycles. The Kier molecular flexibility index (Phi) is 4.56. The summed E-state index contributed by atoms with van der Waals surface area (Å²) in [6.07, 6.45) is 0. The van der Waals surface area contributed by atoms with E-state index in [-0.39, 0.29) is 21.5 Å². The molecule has 2 aliphatic heterocycles. The van der Waals surface area contributed by atoms with Crippen LogP contribution >= 0.6 is 11.6 Å². The van der Waals surface area contributed by atoms with Crippen molar-refractivity contribution in [3.05, 3.63) is 29.6 Å². The molecular weight excluding hydrogens is 378 g/mol. The van der Waals surface area contributed by atoms with Gasteiger partial charge >= 0.3 is 0 Å². The van der Waals surface area contributed by atoms with E-state index in [1.807, 2.05) is 0 Å². The van der Waals surface area contributed by atoms with Gasteiger partial charge in [-0.3, -0.25) is 4.90 Å². The van der Waals surface area contributed by atoms with Crippen LogP contribution in [0.15, 0.2) is 28.0 Å². The highest BCUT2D eigenvalue weighted by atomic mass is 35.5. The van der Waals surface area contributed by atoms with E-state index >= 15 is 0 Å². The van der Waals surface area contributed by atoms with E-state index in [1.54, 1.807) is 19.1 Å². The molecule has 1 aromatic carbocycles. The van der Waals surface area contributed by atoms with Gasteiger partial charge in [-0.2, -0.15) is 4.31 Å². The molecule has 1 atom stereocenters. The summed E-state index contributed by atoms with van der Waals surface area (Å²) in [5.41, 5.74) is 1.25. The van der Waals surface area contributed by atoms with Gasteiger partial charge in [0.25, 0.3) is 0 Å². The van der Waals surface area contributed by atoms with Crippen molar-refractivity contribution in [2.45, 2.75) is 17.9 Å². The summed E-state index contributed by atoms with van der Waals surface area (Å²) >= 11 is 6.28. The van der Waals surface area contributed by atoms with Crippen molar-refractivity contribution in [3.63, 3.8) is 0 Å². The van der Waals surface area contributed by atoms with Gasteiger partial charge in [-0.15, -0.1) is 0 Å². The van der Waals surface area contributed by atoms with Crippen LogP contribution in [-0.2, 0) is 14.8 Å². The summed E-state index contributed by atoms with van der Waals surface area (Å²) in [6.45, 7) is 9.07.